The van der Waals surface area contributed by atoms with Gasteiger partial charge in [-0.25, -0.2) is 0 Å². The van der Waals surface area contributed by atoms with Crippen LogP contribution in [0.1, 0.15) is 32.6 Å². The van der Waals surface area contributed by atoms with E-state index in [0.717, 1.165) is 25.8 Å². The van der Waals surface area contributed by atoms with Gasteiger partial charge >= 0.3 is 0 Å². The second kappa shape index (κ2) is 7.20. The van der Waals surface area contributed by atoms with Gasteiger partial charge in [0.25, 0.3) is 0 Å². The van der Waals surface area contributed by atoms with E-state index in [9.17, 15) is 0 Å². The second-order valence-corrected chi connectivity index (χ2v) is 4.56. The highest BCUT2D eigenvalue weighted by molar-refractivity contribution is 4.76. The lowest BCUT2D eigenvalue weighted by Crippen LogP contribution is -2.44. The van der Waals surface area contributed by atoms with Crippen LogP contribution in [0.3, 0.4) is 0 Å². The molecular weight excluding hydrogens is 188 g/mol. The van der Waals surface area contributed by atoms with Gasteiger partial charge in [0.15, 0.2) is 0 Å². The van der Waals surface area contributed by atoms with Crippen molar-refractivity contribution in [1.29, 1.82) is 0 Å². The van der Waals surface area contributed by atoms with Crippen LogP contribution in [0.5, 0.6) is 0 Å². The lowest BCUT2D eigenvalue weighted by molar-refractivity contribution is 0.0401. The minimum atomic E-state index is 0.642. The number of nitrogens with one attached hydrogen (secondary N) is 1. The average Bonchev–Trinajstić information content (AvgIpc) is 2.29. The molecule has 1 fully saturated rings. The quantitative estimate of drug-likeness (QED) is 0.725. The molecule has 15 heavy (non-hydrogen) atoms. The lowest BCUT2D eigenvalue weighted by atomic mass is 10.1. The molecule has 3 heteroatoms. The topological polar surface area (TPSA) is 24.5 Å². The fourth-order valence-electron chi connectivity index (χ4n) is 2.30. The van der Waals surface area contributed by atoms with Crippen LogP contribution < -0.4 is 5.32 Å². The molecule has 1 aliphatic rings. The Hall–Kier alpha value is -0.120. The smallest absolute Gasteiger partial charge is 0.0480 e. The van der Waals surface area contributed by atoms with E-state index in [1.165, 1.54) is 25.7 Å². The SMILES string of the molecule is CCCC(CN(C)C1CCOCC1)NC. The number of hydrogen-bond acceptors (Lipinski definition) is 3. The van der Waals surface area contributed by atoms with Gasteiger partial charge in [0, 0.05) is 31.8 Å². The van der Waals surface area contributed by atoms with E-state index in [4.69, 9.17) is 4.74 Å². The maximum Gasteiger partial charge on any atom is 0.0480 e. The first-order valence-electron chi connectivity index (χ1n) is 6.23. The van der Waals surface area contributed by atoms with E-state index in [-0.39, 0.29) is 0 Å². The Bertz CT molecular complexity index is 158. The Morgan fingerprint density at radius 3 is 2.60 bits per heavy atom. The maximum atomic E-state index is 5.39. The number of nitrogens with zero attached hydrogens (tertiary/aromatic N) is 1. The van der Waals surface area contributed by atoms with Gasteiger partial charge in [-0.15, -0.1) is 0 Å². The molecule has 0 spiro atoms. The summed E-state index contributed by atoms with van der Waals surface area (Å²) < 4.78 is 5.39. The van der Waals surface area contributed by atoms with E-state index in [1.807, 2.05) is 0 Å². The number of hydrogen-bond donors (Lipinski definition) is 1. The maximum absolute atomic E-state index is 5.39. The molecule has 0 aliphatic carbocycles. The van der Waals surface area contributed by atoms with Crippen LogP contribution in [0.25, 0.3) is 0 Å². The van der Waals surface area contributed by atoms with E-state index < -0.39 is 0 Å². The molecule has 1 N–H and O–H groups in total. The molecule has 0 saturated carbocycles. The Labute approximate surface area is 94.2 Å². The largest absolute Gasteiger partial charge is 0.381 e. The van der Waals surface area contributed by atoms with E-state index >= 15 is 0 Å². The molecule has 0 radical (unpaired) electrons. The third-order valence-corrected chi connectivity index (χ3v) is 3.37. The van der Waals surface area contributed by atoms with E-state index in [1.54, 1.807) is 0 Å². The fraction of sp³-hybridized carbons (Fsp3) is 1.00. The van der Waals surface area contributed by atoms with Crippen molar-refractivity contribution in [1.82, 2.24) is 10.2 Å². The zero-order chi connectivity index (χ0) is 11.1. The Morgan fingerprint density at radius 2 is 2.07 bits per heavy atom. The molecule has 0 amide bonds. The van der Waals surface area contributed by atoms with Crippen molar-refractivity contribution in [2.75, 3.05) is 33.9 Å². The zero-order valence-corrected chi connectivity index (χ0v) is 10.5. The summed E-state index contributed by atoms with van der Waals surface area (Å²) in [6.45, 7) is 5.29. The zero-order valence-electron chi connectivity index (χ0n) is 10.5. The van der Waals surface area contributed by atoms with Crippen molar-refractivity contribution in [2.45, 2.75) is 44.7 Å². The minimum Gasteiger partial charge on any atom is -0.381 e. The van der Waals surface area contributed by atoms with Crippen molar-refractivity contribution in [2.24, 2.45) is 0 Å². The van der Waals surface area contributed by atoms with Crippen molar-refractivity contribution < 1.29 is 4.74 Å². The van der Waals surface area contributed by atoms with Crippen LogP contribution in [-0.4, -0.2) is 50.8 Å². The average molecular weight is 214 g/mol. The molecule has 1 heterocycles. The van der Waals surface area contributed by atoms with Crippen LogP contribution in [0.4, 0.5) is 0 Å². The number of rotatable bonds is 6. The summed E-state index contributed by atoms with van der Waals surface area (Å²) in [7, 11) is 4.31. The summed E-state index contributed by atoms with van der Waals surface area (Å²) in [5.41, 5.74) is 0. The monoisotopic (exact) mass is 214 g/mol. The van der Waals surface area contributed by atoms with E-state index in [0.29, 0.717) is 6.04 Å². The Kier molecular flexibility index (Phi) is 6.22. The lowest BCUT2D eigenvalue weighted by Gasteiger charge is -2.33. The summed E-state index contributed by atoms with van der Waals surface area (Å²) in [6.07, 6.45) is 4.91. The predicted molar refractivity (Wildman–Crippen MR) is 64.2 cm³/mol. The number of likely N-dealkylation sites (N-methyl/N-ethyl adjacent to an activating group) is 2. The van der Waals surface area contributed by atoms with Crippen LogP contribution in [0.2, 0.25) is 0 Å². The summed E-state index contributed by atoms with van der Waals surface area (Å²) in [4.78, 5) is 2.50. The van der Waals surface area contributed by atoms with Crippen LogP contribution in [-0.2, 0) is 4.74 Å². The van der Waals surface area contributed by atoms with Gasteiger partial charge in [0.2, 0.25) is 0 Å². The van der Waals surface area contributed by atoms with Gasteiger partial charge < -0.3 is 15.0 Å². The summed E-state index contributed by atoms with van der Waals surface area (Å²) >= 11 is 0. The fourth-order valence-corrected chi connectivity index (χ4v) is 2.30. The van der Waals surface area contributed by atoms with Crippen LogP contribution in [0.15, 0.2) is 0 Å². The van der Waals surface area contributed by atoms with Gasteiger partial charge in [-0.05, 0) is 33.4 Å². The first kappa shape index (κ1) is 12.9. The van der Waals surface area contributed by atoms with Crippen molar-refractivity contribution in [3.63, 3.8) is 0 Å². The molecule has 0 aromatic rings. The molecule has 1 aliphatic heterocycles. The molecular formula is C12H26N2O. The molecule has 0 bridgehead atoms. The molecule has 1 atom stereocenters. The van der Waals surface area contributed by atoms with E-state index in [2.05, 4.69) is 31.2 Å². The molecule has 3 nitrogen and oxygen atoms in total. The first-order chi connectivity index (χ1) is 7.27. The van der Waals surface area contributed by atoms with Gasteiger partial charge in [-0.1, -0.05) is 13.3 Å². The molecule has 1 saturated heterocycles. The van der Waals surface area contributed by atoms with Crippen LogP contribution >= 0.6 is 0 Å². The van der Waals surface area contributed by atoms with Gasteiger partial charge in [0.1, 0.15) is 0 Å². The summed E-state index contributed by atoms with van der Waals surface area (Å²) in [6, 6.07) is 1.37. The number of ether oxygens (including phenoxy) is 1. The van der Waals surface area contributed by atoms with Crippen molar-refractivity contribution >= 4 is 0 Å². The predicted octanol–water partition coefficient (Wildman–Crippen LogP) is 1.49. The Balaban J connectivity index is 2.28. The van der Waals surface area contributed by atoms with Crippen molar-refractivity contribution in [3.05, 3.63) is 0 Å². The molecule has 90 valence electrons. The van der Waals surface area contributed by atoms with Gasteiger partial charge in [-0.3, -0.25) is 0 Å². The van der Waals surface area contributed by atoms with Gasteiger partial charge in [-0.2, -0.15) is 0 Å². The van der Waals surface area contributed by atoms with Crippen molar-refractivity contribution in [3.8, 4) is 0 Å². The second-order valence-electron chi connectivity index (χ2n) is 4.56. The summed E-state index contributed by atoms with van der Waals surface area (Å²) in [5.74, 6) is 0. The minimum absolute atomic E-state index is 0.642. The summed E-state index contributed by atoms with van der Waals surface area (Å²) in [5, 5.41) is 3.40. The molecule has 1 rings (SSSR count). The third-order valence-electron chi connectivity index (χ3n) is 3.37. The normalized spacial score (nSPS) is 20.8. The third kappa shape index (κ3) is 4.49. The van der Waals surface area contributed by atoms with Crippen LogP contribution in [0, 0.1) is 0 Å². The molecule has 0 aromatic heterocycles. The molecule has 1 unspecified atom stereocenters. The highest BCUT2D eigenvalue weighted by atomic mass is 16.5. The Morgan fingerprint density at radius 1 is 1.40 bits per heavy atom. The standard InChI is InChI=1S/C12H26N2O/c1-4-5-11(13-2)10-14(3)12-6-8-15-9-7-12/h11-13H,4-10H2,1-3H3. The van der Waals surface area contributed by atoms with Gasteiger partial charge in [0.05, 0.1) is 0 Å². The highest BCUT2D eigenvalue weighted by Crippen LogP contribution is 2.13. The molecule has 0 aromatic carbocycles. The highest BCUT2D eigenvalue weighted by Gasteiger charge is 2.20. The first-order valence-corrected chi connectivity index (χ1v) is 6.23.